The van der Waals surface area contributed by atoms with Crippen LogP contribution in [0.1, 0.15) is 32.3 Å². The molecule has 1 saturated heterocycles. The molecule has 1 fully saturated rings. The molecule has 1 aromatic carbocycles. The predicted molar refractivity (Wildman–Crippen MR) is 86.0 cm³/mol. The van der Waals surface area contributed by atoms with Crippen molar-refractivity contribution in [2.45, 2.75) is 44.9 Å². The number of fused-ring (bicyclic) bond motifs is 1. The highest BCUT2D eigenvalue weighted by Gasteiger charge is 2.31. The average molecular weight is 288 g/mol. The minimum Gasteiger partial charge on any atom is -0.389 e. The van der Waals surface area contributed by atoms with Crippen LogP contribution in [0.25, 0.3) is 10.9 Å². The van der Waals surface area contributed by atoms with Gasteiger partial charge in [-0.15, -0.1) is 0 Å². The third kappa shape index (κ3) is 2.45. The van der Waals surface area contributed by atoms with E-state index in [2.05, 4.69) is 36.7 Å². The molecule has 0 amide bonds. The van der Waals surface area contributed by atoms with Crippen molar-refractivity contribution in [2.24, 2.45) is 5.73 Å². The second kappa shape index (κ2) is 4.86. The van der Waals surface area contributed by atoms with Crippen LogP contribution in [0.3, 0.4) is 0 Å². The SMILES string of the molecule is CC1(C)CCC(Cn2ccc3c(C(N)=S)cccc32)O1. The van der Waals surface area contributed by atoms with E-state index in [-0.39, 0.29) is 11.7 Å². The molecule has 1 aliphatic rings. The number of thiocarbonyl (C=S) groups is 1. The first-order chi connectivity index (χ1) is 9.46. The van der Waals surface area contributed by atoms with Crippen molar-refractivity contribution in [3.05, 3.63) is 36.0 Å². The Kier molecular flexibility index (Phi) is 3.30. The number of hydrogen-bond donors (Lipinski definition) is 1. The fourth-order valence-electron chi connectivity index (χ4n) is 3.02. The molecule has 0 aliphatic carbocycles. The van der Waals surface area contributed by atoms with Crippen LogP contribution in [-0.4, -0.2) is 21.3 Å². The molecule has 2 N–H and O–H groups in total. The number of nitrogens with zero attached hydrogens (tertiary/aromatic N) is 1. The van der Waals surface area contributed by atoms with Crippen LogP contribution >= 0.6 is 12.2 Å². The minimum atomic E-state index is 0.0115. The standard InChI is InChI=1S/C16H20N2OS/c1-16(2)8-6-11(19-16)10-18-9-7-12-13(15(17)20)4-3-5-14(12)18/h3-5,7,9,11H,6,8,10H2,1-2H3,(H2,17,20). The maximum absolute atomic E-state index is 6.08. The molecule has 1 aliphatic heterocycles. The Labute approximate surface area is 124 Å². The van der Waals surface area contributed by atoms with Gasteiger partial charge in [-0.1, -0.05) is 24.4 Å². The number of rotatable bonds is 3. The van der Waals surface area contributed by atoms with Crippen LogP contribution in [-0.2, 0) is 11.3 Å². The highest BCUT2D eigenvalue weighted by atomic mass is 32.1. The van der Waals surface area contributed by atoms with Gasteiger partial charge >= 0.3 is 0 Å². The number of ether oxygens (including phenoxy) is 1. The summed E-state index contributed by atoms with van der Waals surface area (Å²) in [5.74, 6) is 0. The molecule has 0 saturated carbocycles. The van der Waals surface area contributed by atoms with Gasteiger partial charge in [0.2, 0.25) is 0 Å². The first-order valence-corrected chi connectivity index (χ1v) is 7.42. The predicted octanol–water partition coefficient (Wildman–Crippen LogP) is 3.23. The fourth-order valence-corrected chi connectivity index (χ4v) is 3.20. The van der Waals surface area contributed by atoms with Gasteiger partial charge in [-0.2, -0.15) is 0 Å². The first kappa shape index (κ1) is 13.6. The summed E-state index contributed by atoms with van der Waals surface area (Å²) >= 11 is 5.12. The van der Waals surface area contributed by atoms with E-state index in [0.29, 0.717) is 4.99 Å². The monoisotopic (exact) mass is 288 g/mol. The van der Waals surface area contributed by atoms with Gasteiger partial charge in [0.05, 0.1) is 11.7 Å². The summed E-state index contributed by atoms with van der Waals surface area (Å²) in [7, 11) is 0. The van der Waals surface area contributed by atoms with Crippen LogP contribution < -0.4 is 5.73 Å². The normalized spacial score (nSPS) is 21.4. The lowest BCUT2D eigenvalue weighted by atomic mass is 10.1. The van der Waals surface area contributed by atoms with Crippen LogP contribution in [0.5, 0.6) is 0 Å². The highest BCUT2D eigenvalue weighted by Crippen LogP contribution is 2.31. The largest absolute Gasteiger partial charge is 0.389 e. The molecule has 106 valence electrons. The first-order valence-electron chi connectivity index (χ1n) is 7.02. The lowest BCUT2D eigenvalue weighted by molar-refractivity contribution is -0.0212. The third-order valence-corrected chi connectivity index (χ3v) is 4.25. The van der Waals surface area contributed by atoms with Crippen LogP contribution in [0.15, 0.2) is 30.5 Å². The van der Waals surface area contributed by atoms with Gasteiger partial charge in [0.1, 0.15) is 4.99 Å². The van der Waals surface area contributed by atoms with Crippen molar-refractivity contribution in [3.8, 4) is 0 Å². The second-order valence-electron chi connectivity index (χ2n) is 6.11. The van der Waals surface area contributed by atoms with Gasteiger partial charge in [-0.05, 0) is 38.8 Å². The topological polar surface area (TPSA) is 40.2 Å². The molecule has 1 unspecified atom stereocenters. The van der Waals surface area contributed by atoms with Crippen LogP contribution in [0.4, 0.5) is 0 Å². The molecule has 3 nitrogen and oxygen atoms in total. The van der Waals surface area contributed by atoms with Crippen molar-refractivity contribution >= 4 is 28.1 Å². The van der Waals surface area contributed by atoms with E-state index in [1.165, 1.54) is 5.52 Å². The molecular formula is C16H20N2OS. The summed E-state index contributed by atoms with van der Waals surface area (Å²) < 4.78 is 8.32. The summed E-state index contributed by atoms with van der Waals surface area (Å²) in [5.41, 5.74) is 7.92. The van der Waals surface area contributed by atoms with Gasteiger partial charge in [0.25, 0.3) is 0 Å². The minimum absolute atomic E-state index is 0.0115. The summed E-state index contributed by atoms with van der Waals surface area (Å²) in [4.78, 5) is 0.451. The number of aromatic nitrogens is 1. The van der Waals surface area contributed by atoms with E-state index in [0.717, 1.165) is 30.3 Å². The van der Waals surface area contributed by atoms with Gasteiger partial charge in [-0.3, -0.25) is 0 Å². The summed E-state index contributed by atoms with van der Waals surface area (Å²) in [5, 5.41) is 1.12. The fraction of sp³-hybridized carbons (Fsp3) is 0.438. The number of benzene rings is 1. The molecule has 2 heterocycles. The Balaban J connectivity index is 1.90. The summed E-state index contributed by atoms with van der Waals surface area (Å²) in [6.07, 6.45) is 4.62. The van der Waals surface area contributed by atoms with E-state index in [1.807, 2.05) is 12.1 Å². The maximum Gasteiger partial charge on any atom is 0.104 e. The number of hydrogen-bond acceptors (Lipinski definition) is 2. The molecule has 0 spiro atoms. The zero-order valence-electron chi connectivity index (χ0n) is 11.9. The molecular weight excluding hydrogens is 268 g/mol. The van der Waals surface area contributed by atoms with E-state index in [4.69, 9.17) is 22.7 Å². The molecule has 1 atom stereocenters. The lowest BCUT2D eigenvalue weighted by Crippen LogP contribution is -2.22. The van der Waals surface area contributed by atoms with E-state index in [9.17, 15) is 0 Å². The number of nitrogens with two attached hydrogens (primary N) is 1. The molecule has 3 rings (SSSR count). The van der Waals surface area contributed by atoms with Crippen molar-refractivity contribution in [2.75, 3.05) is 0 Å². The lowest BCUT2D eigenvalue weighted by Gasteiger charge is -2.20. The zero-order chi connectivity index (χ0) is 14.3. The molecule has 1 aromatic heterocycles. The van der Waals surface area contributed by atoms with Gasteiger partial charge in [0, 0.05) is 29.2 Å². The zero-order valence-corrected chi connectivity index (χ0v) is 12.7. The Morgan fingerprint density at radius 2 is 2.25 bits per heavy atom. The van der Waals surface area contributed by atoms with Gasteiger partial charge in [-0.25, -0.2) is 0 Å². The van der Waals surface area contributed by atoms with Crippen LogP contribution in [0.2, 0.25) is 0 Å². The molecule has 0 bridgehead atoms. The summed E-state index contributed by atoms with van der Waals surface area (Å²) in [6, 6.07) is 8.18. The van der Waals surface area contributed by atoms with Crippen molar-refractivity contribution in [1.29, 1.82) is 0 Å². The van der Waals surface area contributed by atoms with Gasteiger partial charge in [0.15, 0.2) is 0 Å². The Hall–Kier alpha value is -1.39. The van der Waals surface area contributed by atoms with Crippen molar-refractivity contribution in [3.63, 3.8) is 0 Å². The third-order valence-electron chi connectivity index (χ3n) is 4.03. The molecule has 0 radical (unpaired) electrons. The van der Waals surface area contributed by atoms with E-state index < -0.39 is 0 Å². The van der Waals surface area contributed by atoms with Crippen molar-refractivity contribution < 1.29 is 4.74 Å². The van der Waals surface area contributed by atoms with E-state index >= 15 is 0 Å². The summed E-state index contributed by atoms with van der Waals surface area (Å²) in [6.45, 7) is 5.20. The Morgan fingerprint density at radius 3 is 2.90 bits per heavy atom. The van der Waals surface area contributed by atoms with Crippen molar-refractivity contribution in [1.82, 2.24) is 4.57 Å². The average Bonchev–Trinajstić information content (AvgIpc) is 2.93. The van der Waals surface area contributed by atoms with Gasteiger partial charge < -0.3 is 15.0 Å². The van der Waals surface area contributed by atoms with E-state index in [1.54, 1.807) is 0 Å². The second-order valence-corrected chi connectivity index (χ2v) is 6.55. The molecule has 2 aromatic rings. The molecule has 4 heteroatoms. The Bertz CT molecular complexity index is 660. The smallest absolute Gasteiger partial charge is 0.104 e. The maximum atomic E-state index is 6.08. The Morgan fingerprint density at radius 1 is 1.45 bits per heavy atom. The van der Waals surface area contributed by atoms with Crippen LogP contribution in [0, 0.1) is 0 Å². The quantitative estimate of drug-likeness (QED) is 0.882. The molecule has 20 heavy (non-hydrogen) atoms. The highest BCUT2D eigenvalue weighted by molar-refractivity contribution is 7.80.